The second kappa shape index (κ2) is 10.2. The number of methoxy groups -OCH3 is 2. The van der Waals surface area contributed by atoms with Gasteiger partial charge < -0.3 is 20.1 Å². The lowest BCUT2D eigenvalue weighted by atomic mass is 10.1. The number of ether oxygens (including phenoxy) is 2. The number of nitrogens with zero attached hydrogens (tertiary/aromatic N) is 2. The van der Waals surface area contributed by atoms with Gasteiger partial charge in [-0.25, -0.2) is 0 Å². The molecular formula is C18H30N4O2. The molecule has 1 fully saturated rings. The molecular weight excluding hydrogens is 304 g/mol. The standard InChI is InChI=1S/C18H30N4O2/c1-19-18(20-9-12-23-2)21-14-17(22-10-4-5-11-22)15-7-6-8-16(13-15)24-3/h6-8,13,17H,4-5,9-12,14H2,1-3H3,(H2,19,20,21). The summed E-state index contributed by atoms with van der Waals surface area (Å²) in [7, 11) is 5.20. The van der Waals surface area contributed by atoms with Crippen molar-refractivity contribution in [3.8, 4) is 5.75 Å². The van der Waals surface area contributed by atoms with Gasteiger partial charge in [-0.1, -0.05) is 12.1 Å². The number of rotatable bonds is 8. The van der Waals surface area contributed by atoms with Gasteiger partial charge in [-0.3, -0.25) is 9.89 Å². The minimum atomic E-state index is 0.309. The fourth-order valence-electron chi connectivity index (χ4n) is 3.05. The first-order valence-electron chi connectivity index (χ1n) is 8.60. The van der Waals surface area contributed by atoms with E-state index in [-0.39, 0.29) is 0 Å². The number of guanidine groups is 1. The van der Waals surface area contributed by atoms with Crippen molar-refractivity contribution in [3.05, 3.63) is 29.8 Å². The fourth-order valence-corrected chi connectivity index (χ4v) is 3.05. The summed E-state index contributed by atoms with van der Waals surface area (Å²) < 4.78 is 10.5. The zero-order chi connectivity index (χ0) is 17.2. The van der Waals surface area contributed by atoms with Gasteiger partial charge in [0.15, 0.2) is 5.96 Å². The summed E-state index contributed by atoms with van der Waals surface area (Å²) in [5, 5.41) is 6.70. The molecule has 0 aromatic heterocycles. The number of nitrogens with one attached hydrogen (secondary N) is 2. The number of hydrogen-bond acceptors (Lipinski definition) is 4. The smallest absolute Gasteiger partial charge is 0.191 e. The summed E-state index contributed by atoms with van der Waals surface area (Å²) in [4.78, 5) is 6.81. The Bertz CT molecular complexity index is 515. The maximum atomic E-state index is 5.39. The monoisotopic (exact) mass is 334 g/mol. The molecule has 0 spiro atoms. The molecule has 1 aliphatic rings. The Hall–Kier alpha value is -1.79. The van der Waals surface area contributed by atoms with Gasteiger partial charge in [0.25, 0.3) is 0 Å². The molecule has 6 heteroatoms. The summed E-state index contributed by atoms with van der Waals surface area (Å²) >= 11 is 0. The van der Waals surface area contributed by atoms with E-state index in [9.17, 15) is 0 Å². The first-order valence-corrected chi connectivity index (χ1v) is 8.60. The second-order valence-electron chi connectivity index (χ2n) is 5.91. The van der Waals surface area contributed by atoms with Gasteiger partial charge in [0.2, 0.25) is 0 Å². The highest BCUT2D eigenvalue weighted by atomic mass is 16.5. The van der Waals surface area contributed by atoms with Gasteiger partial charge >= 0.3 is 0 Å². The number of hydrogen-bond donors (Lipinski definition) is 2. The van der Waals surface area contributed by atoms with Gasteiger partial charge in [0, 0.05) is 27.2 Å². The van der Waals surface area contributed by atoms with Crippen LogP contribution in [0, 0.1) is 0 Å². The Kier molecular flexibility index (Phi) is 7.85. The Morgan fingerprint density at radius 3 is 2.71 bits per heavy atom. The van der Waals surface area contributed by atoms with Gasteiger partial charge in [-0.2, -0.15) is 0 Å². The normalized spacial score (nSPS) is 16.9. The second-order valence-corrected chi connectivity index (χ2v) is 5.91. The molecule has 0 aliphatic carbocycles. The first kappa shape index (κ1) is 18.5. The summed E-state index contributed by atoms with van der Waals surface area (Å²) in [6.07, 6.45) is 2.53. The zero-order valence-corrected chi connectivity index (χ0v) is 15.0. The lowest BCUT2D eigenvalue weighted by Crippen LogP contribution is -2.43. The maximum absolute atomic E-state index is 5.39. The molecule has 0 bridgehead atoms. The van der Waals surface area contributed by atoms with Crippen LogP contribution in [0.3, 0.4) is 0 Å². The molecule has 1 aliphatic heterocycles. The third kappa shape index (κ3) is 5.39. The fraction of sp³-hybridized carbons (Fsp3) is 0.611. The molecule has 1 aromatic carbocycles. The van der Waals surface area contributed by atoms with Crippen LogP contribution in [0.5, 0.6) is 5.75 Å². The van der Waals surface area contributed by atoms with Crippen LogP contribution in [0.2, 0.25) is 0 Å². The quantitative estimate of drug-likeness (QED) is 0.430. The predicted molar refractivity (Wildman–Crippen MR) is 97.8 cm³/mol. The molecule has 0 radical (unpaired) electrons. The molecule has 1 aromatic rings. The van der Waals surface area contributed by atoms with Gasteiger partial charge in [-0.15, -0.1) is 0 Å². The van der Waals surface area contributed by atoms with E-state index in [1.165, 1.54) is 18.4 Å². The average Bonchev–Trinajstić information content (AvgIpc) is 3.15. The van der Waals surface area contributed by atoms with Crippen LogP contribution in [0.15, 0.2) is 29.3 Å². The lowest BCUT2D eigenvalue weighted by Gasteiger charge is -2.29. The van der Waals surface area contributed by atoms with Crippen LogP contribution in [-0.4, -0.2) is 64.9 Å². The molecule has 1 atom stereocenters. The SMILES string of the molecule is CN=C(NCCOC)NCC(c1cccc(OC)c1)N1CCCC1. The van der Waals surface area contributed by atoms with Crippen molar-refractivity contribution in [1.82, 2.24) is 15.5 Å². The Morgan fingerprint density at radius 2 is 2.04 bits per heavy atom. The van der Waals surface area contributed by atoms with E-state index in [0.29, 0.717) is 12.6 Å². The van der Waals surface area contributed by atoms with Gasteiger partial charge in [0.05, 0.1) is 19.8 Å². The Labute approximate surface area is 145 Å². The van der Waals surface area contributed by atoms with Crippen LogP contribution in [-0.2, 0) is 4.74 Å². The number of aliphatic imine (C=N–C) groups is 1. The van der Waals surface area contributed by atoms with E-state index >= 15 is 0 Å². The summed E-state index contributed by atoms with van der Waals surface area (Å²) in [5.74, 6) is 1.71. The third-order valence-electron chi connectivity index (χ3n) is 4.35. The van der Waals surface area contributed by atoms with E-state index in [2.05, 4.69) is 38.7 Å². The molecule has 2 N–H and O–H groups in total. The molecule has 1 heterocycles. The van der Waals surface area contributed by atoms with E-state index in [0.717, 1.165) is 37.9 Å². The molecule has 24 heavy (non-hydrogen) atoms. The van der Waals surface area contributed by atoms with Crippen molar-refractivity contribution in [3.63, 3.8) is 0 Å². The predicted octanol–water partition coefficient (Wildman–Crippen LogP) is 1.64. The number of likely N-dealkylation sites (tertiary alicyclic amines) is 1. The van der Waals surface area contributed by atoms with Gasteiger partial charge in [0.1, 0.15) is 5.75 Å². The van der Waals surface area contributed by atoms with Gasteiger partial charge in [-0.05, 0) is 43.6 Å². The van der Waals surface area contributed by atoms with Crippen LogP contribution in [0.1, 0.15) is 24.4 Å². The average molecular weight is 334 g/mol. The molecule has 2 rings (SSSR count). The minimum absolute atomic E-state index is 0.309. The third-order valence-corrected chi connectivity index (χ3v) is 4.35. The molecule has 0 amide bonds. The van der Waals surface area contributed by atoms with Crippen molar-refractivity contribution in [2.24, 2.45) is 4.99 Å². The minimum Gasteiger partial charge on any atom is -0.497 e. The molecule has 134 valence electrons. The highest BCUT2D eigenvalue weighted by Gasteiger charge is 2.24. The topological polar surface area (TPSA) is 58.1 Å². The van der Waals surface area contributed by atoms with Crippen molar-refractivity contribution in [2.75, 3.05) is 54.1 Å². The van der Waals surface area contributed by atoms with Crippen LogP contribution in [0.4, 0.5) is 0 Å². The van der Waals surface area contributed by atoms with Crippen LogP contribution >= 0.6 is 0 Å². The van der Waals surface area contributed by atoms with Crippen LogP contribution < -0.4 is 15.4 Å². The van der Waals surface area contributed by atoms with E-state index < -0.39 is 0 Å². The van der Waals surface area contributed by atoms with Crippen molar-refractivity contribution >= 4 is 5.96 Å². The largest absolute Gasteiger partial charge is 0.497 e. The molecule has 1 saturated heterocycles. The summed E-state index contributed by atoms with van der Waals surface area (Å²) in [6.45, 7) is 4.48. The zero-order valence-electron chi connectivity index (χ0n) is 15.0. The molecule has 1 unspecified atom stereocenters. The lowest BCUT2D eigenvalue weighted by molar-refractivity contribution is 0.203. The van der Waals surface area contributed by atoms with E-state index in [1.807, 2.05) is 6.07 Å². The first-order chi connectivity index (χ1) is 11.8. The maximum Gasteiger partial charge on any atom is 0.191 e. The van der Waals surface area contributed by atoms with Crippen molar-refractivity contribution in [2.45, 2.75) is 18.9 Å². The van der Waals surface area contributed by atoms with Crippen LogP contribution in [0.25, 0.3) is 0 Å². The van der Waals surface area contributed by atoms with Crippen molar-refractivity contribution < 1.29 is 9.47 Å². The van der Waals surface area contributed by atoms with E-state index in [1.54, 1.807) is 21.3 Å². The number of benzene rings is 1. The Balaban J connectivity index is 2.03. The summed E-state index contributed by atoms with van der Waals surface area (Å²) in [5.41, 5.74) is 1.27. The van der Waals surface area contributed by atoms with E-state index in [4.69, 9.17) is 9.47 Å². The summed E-state index contributed by atoms with van der Waals surface area (Å²) in [6, 6.07) is 8.66. The highest BCUT2D eigenvalue weighted by molar-refractivity contribution is 5.79. The van der Waals surface area contributed by atoms with Crippen molar-refractivity contribution in [1.29, 1.82) is 0 Å². The molecule has 6 nitrogen and oxygen atoms in total. The highest BCUT2D eigenvalue weighted by Crippen LogP contribution is 2.27. The Morgan fingerprint density at radius 1 is 1.25 bits per heavy atom. The molecule has 0 saturated carbocycles.